The predicted molar refractivity (Wildman–Crippen MR) is 239 cm³/mol. The van der Waals surface area contributed by atoms with E-state index in [1.807, 2.05) is 101 Å². The van der Waals surface area contributed by atoms with Gasteiger partial charge in [-0.15, -0.1) is 5.10 Å². The normalized spacial score (nSPS) is 20.1. The van der Waals surface area contributed by atoms with Crippen molar-refractivity contribution < 1.29 is 28.9 Å². The van der Waals surface area contributed by atoms with Crippen LogP contribution in [-0.2, 0) is 28.2 Å². The highest BCUT2D eigenvalue weighted by atomic mass is 28.3. The average Bonchev–Trinajstić information content (AvgIpc) is 3.94. The number of aliphatic hydroxyl groups excluding tert-OH is 1. The lowest BCUT2D eigenvalue weighted by molar-refractivity contribution is -0.146. The molecule has 1 spiro atoms. The number of hydrogen-bond donors (Lipinski definition) is 3. The minimum absolute atomic E-state index is 0.00490. The lowest BCUT2D eigenvalue weighted by Gasteiger charge is -2.37. The molecule has 12 nitrogen and oxygen atoms in total. The Labute approximate surface area is 357 Å². The van der Waals surface area contributed by atoms with E-state index in [9.17, 15) is 9.90 Å². The van der Waals surface area contributed by atoms with Gasteiger partial charge in [0, 0.05) is 41.2 Å². The van der Waals surface area contributed by atoms with E-state index in [-0.39, 0.29) is 41.9 Å². The second-order valence-corrected chi connectivity index (χ2v) is 21.2. The van der Waals surface area contributed by atoms with Crippen molar-refractivity contribution >= 4 is 42.1 Å². The van der Waals surface area contributed by atoms with Gasteiger partial charge in [-0.2, -0.15) is 0 Å². The number of benzene rings is 5. The minimum Gasteiger partial charge on any atom is -0.497 e. The molecule has 1 aromatic heterocycles. The number of aromatic nitrogens is 3. The van der Waals surface area contributed by atoms with Crippen LogP contribution in [0, 0.1) is 5.92 Å². The van der Waals surface area contributed by atoms with Crippen molar-refractivity contribution in [3.63, 3.8) is 0 Å². The third-order valence-electron chi connectivity index (χ3n) is 12.7. The van der Waals surface area contributed by atoms with Gasteiger partial charge in [0.2, 0.25) is 0 Å². The van der Waals surface area contributed by atoms with Crippen LogP contribution in [0.25, 0.3) is 0 Å². The van der Waals surface area contributed by atoms with Gasteiger partial charge in [-0.1, -0.05) is 85.0 Å². The van der Waals surface area contributed by atoms with E-state index in [0.29, 0.717) is 47.9 Å². The number of rotatable bonds is 14. The molecule has 8 rings (SSSR count). The molecule has 2 amide bonds. The number of nitrogens with two attached hydrogens (primary N) is 1. The molecule has 13 heteroatoms. The summed E-state index contributed by atoms with van der Waals surface area (Å²) in [6.07, 6.45) is 2.17. The van der Waals surface area contributed by atoms with Crippen molar-refractivity contribution in [2.24, 2.45) is 5.92 Å². The number of carbonyl (C=O) groups is 2. The molecule has 0 bridgehead atoms. The first-order chi connectivity index (χ1) is 29.5. The summed E-state index contributed by atoms with van der Waals surface area (Å²) in [4.78, 5) is 30.1. The fraction of sp³-hybridized carbons (Fsp3) is 0.292. The maximum Gasteiger partial charge on any atom is 0.264 e. The van der Waals surface area contributed by atoms with Gasteiger partial charge in [-0.05, 0) is 89.8 Å². The maximum atomic E-state index is 15.4. The molecule has 1 fully saturated rings. The molecule has 0 saturated carbocycles. The van der Waals surface area contributed by atoms with E-state index in [1.165, 1.54) is 5.19 Å². The van der Waals surface area contributed by atoms with Crippen LogP contribution < -0.4 is 30.6 Å². The number of aryl methyl sites for hydroxylation is 1. The average molecular weight is 837 g/mol. The Balaban J connectivity index is 1.11. The standard InChI is InChI=1S/C48H52N6O6Si/c1-31-45(61(4,5)39-22-19-37(58-2)20-23-39)44(25-26-53-29-42(51-52-53)40(30-55)33-9-7-6-8-10-33)60-48(31)41-27-38(59-3)21-24-43(41)54(47(48)57)28-32-11-17-36(18-12-32)50-46(56)34-13-15-35(49)16-14-34/h6-24,27,29,31,40,44-45,55H,25-26,28,30,49H2,1-5H3,(H,50,56)/t31-,40?,44+,45-,48+/m0/s1. The molecule has 0 radical (unpaired) electrons. The van der Waals surface area contributed by atoms with E-state index < -0.39 is 13.7 Å². The largest absolute Gasteiger partial charge is 0.497 e. The van der Waals surface area contributed by atoms with Crippen LogP contribution in [0.4, 0.5) is 17.1 Å². The van der Waals surface area contributed by atoms with Gasteiger partial charge in [0.1, 0.15) is 11.5 Å². The summed E-state index contributed by atoms with van der Waals surface area (Å²) in [6, 6.07) is 38.3. The zero-order chi connectivity index (χ0) is 42.9. The zero-order valence-corrected chi connectivity index (χ0v) is 36.1. The van der Waals surface area contributed by atoms with Crippen LogP contribution in [0.1, 0.15) is 52.0 Å². The first kappa shape index (κ1) is 41.5. The fourth-order valence-corrected chi connectivity index (χ4v) is 13.5. The first-order valence-corrected chi connectivity index (χ1v) is 23.7. The molecular formula is C48H52N6O6Si. The molecular weight excluding hydrogens is 785 g/mol. The molecule has 1 unspecified atom stereocenters. The molecule has 4 N–H and O–H groups in total. The summed E-state index contributed by atoms with van der Waals surface area (Å²) < 4.78 is 20.5. The van der Waals surface area contributed by atoms with Crippen molar-refractivity contribution in [2.75, 3.05) is 36.8 Å². The van der Waals surface area contributed by atoms with E-state index in [2.05, 4.69) is 47.8 Å². The number of nitrogens with one attached hydrogen (secondary N) is 1. The Morgan fingerprint density at radius 1 is 0.934 bits per heavy atom. The van der Waals surface area contributed by atoms with Crippen LogP contribution >= 0.6 is 0 Å². The Kier molecular flexibility index (Phi) is 11.5. The van der Waals surface area contributed by atoms with E-state index in [4.69, 9.17) is 19.9 Å². The van der Waals surface area contributed by atoms with Gasteiger partial charge >= 0.3 is 0 Å². The van der Waals surface area contributed by atoms with Crippen LogP contribution in [0.5, 0.6) is 11.5 Å². The second-order valence-electron chi connectivity index (χ2n) is 16.5. The summed E-state index contributed by atoms with van der Waals surface area (Å²) in [7, 11) is 0.879. The molecule has 5 atom stereocenters. The summed E-state index contributed by atoms with van der Waals surface area (Å²) in [5.74, 6) is 0.551. The predicted octanol–water partition coefficient (Wildman–Crippen LogP) is 7.11. The van der Waals surface area contributed by atoms with Crippen LogP contribution in [0.15, 0.2) is 128 Å². The molecule has 0 aliphatic carbocycles. The van der Waals surface area contributed by atoms with E-state index >= 15 is 4.79 Å². The number of amides is 2. The quantitative estimate of drug-likeness (QED) is 0.0770. The Hall–Kier alpha value is -6.28. The number of fused-ring (bicyclic) bond motifs is 2. The summed E-state index contributed by atoms with van der Waals surface area (Å²) >= 11 is 0. The highest BCUT2D eigenvalue weighted by molar-refractivity contribution is 6.91. The number of carbonyl (C=O) groups excluding carboxylic acids is 2. The highest BCUT2D eigenvalue weighted by Gasteiger charge is 2.66. The number of nitrogens with zero attached hydrogens (tertiary/aromatic N) is 4. The van der Waals surface area contributed by atoms with Crippen molar-refractivity contribution in [3.05, 3.63) is 155 Å². The van der Waals surface area contributed by atoms with Crippen molar-refractivity contribution in [3.8, 4) is 11.5 Å². The second kappa shape index (κ2) is 17.0. The van der Waals surface area contributed by atoms with Gasteiger partial charge in [0.25, 0.3) is 11.8 Å². The molecule has 3 heterocycles. The number of methoxy groups -OCH3 is 2. The monoisotopic (exact) mass is 836 g/mol. The maximum absolute atomic E-state index is 15.4. The zero-order valence-electron chi connectivity index (χ0n) is 35.1. The lowest BCUT2D eigenvalue weighted by Crippen LogP contribution is -2.51. The third-order valence-corrected chi connectivity index (χ3v) is 17.1. The summed E-state index contributed by atoms with van der Waals surface area (Å²) in [6.45, 7) is 7.60. The Morgan fingerprint density at radius 2 is 1.62 bits per heavy atom. The van der Waals surface area contributed by atoms with Crippen LogP contribution in [0.2, 0.25) is 18.6 Å². The van der Waals surface area contributed by atoms with Gasteiger partial charge in [0.15, 0.2) is 5.60 Å². The molecule has 5 aromatic carbocycles. The van der Waals surface area contributed by atoms with Crippen LogP contribution in [-0.4, -0.2) is 66.9 Å². The molecule has 314 valence electrons. The highest BCUT2D eigenvalue weighted by Crippen LogP contribution is 2.60. The van der Waals surface area contributed by atoms with Crippen molar-refractivity contribution in [1.82, 2.24) is 15.0 Å². The molecule has 6 aromatic rings. The van der Waals surface area contributed by atoms with E-state index in [0.717, 1.165) is 28.1 Å². The van der Waals surface area contributed by atoms with Gasteiger partial charge in [0.05, 0.1) is 58.8 Å². The van der Waals surface area contributed by atoms with Gasteiger partial charge < -0.3 is 35.3 Å². The molecule has 1 saturated heterocycles. The Bertz CT molecular complexity index is 2500. The lowest BCUT2D eigenvalue weighted by atomic mass is 9.82. The van der Waals surface area contributed by atoms with Gasteiger partial charge in [-0.25, -0.2) is 0 Å². The summed E-state index contributed by atoms with van der Waals surface area (Å²) in [5, 5.41) is 23.5. The SMILES string of the molecule is COc1ccc([Si](C)(C)[C@@H]2[C@@H](CCn3cc(C(CO)c4ccccc4)nn3)O[C@]3(C(=O)N(Cc4ccc(NC(=O)c5ccc(N)cc5)cc4)c4ccc(OC)cc43)[C@H]2C)cc1. The third kappa shape index (κ3) is 7.80. The smallest absolute Gasteiger partial charge is 0.264 e. The van der Waals surface area contributed by atoms with Gasteiger partial charge in [-0.3, -0.25) is 14.3 Å². The molecule has 2 aliphatic heterocycles. The van der Waals surface area contributed by atoms with Crippen molar-refractivity contribution in [1.29, 1.82) is 0 Å². The number of aliphatic hydroxyl groups is 1. The number of anilines is 3. The number of ether oxygens (including phenoxy) is 3. The number of hydrogen-bond acceptors (Lipinski definition) is 9. The topological polar surface area (TPSA) is 154 Å². The number of nitrogen functional groups attached to an aromatic ring is 1. The Morgan fingerprint density at radius 3 is 2.30 bits per heavy atom. The van der Waals surface area contributed by atoms with E-state index in [1.54, 1.807) is 38.5 Å². The molecule has 2 aliphatic rings. The van der Waals surface area contributed by atoms with Crippen molar-refractivity contribution in [2.45, 2.75) is 62.7 Å². The minimum atomic E-state index is -2.42. The first-order valence-electron chi connectivity index (χ1n) is 20.6. The summed E-state index contributed by atoms with van der Waals surface area (Å²) in [5.41, 5.74) is 10.4. The van der Waals surface area contributed by atoms with Crippen LogP contribution in [0.3, 0.4) is 0 Å². The fourth-order valence-electron chi connectivity index (χ4n) is 9.46. The molecule has 61 heavy (non-hydrogen) atoms.